The normalized spacial score (nSPS) is 20.5. The van der Waals surface area contributed by atoms with Gasteiger partial charge in [0.15, 0.2) is 0 Å². The third-order valence-electron chi connectivity index (χ3n) is 3.42. The number of likely N-dealkylation sites (tertiary alicyclic amines) is 1. The zero-order chi connectivity index (χ0) is 14.0. The van der Waals surface area contributed by atoms with Crippen molar-refractivity contribution < 1.29 is 9.66 Å². The lowest BCUT2D eigenvalue weighted by Gasteiger charge is -2.31. The van der Waals surface area contributed by atoms with E-state index in [4.69, 9.17) is 4.74 Å². The monoisotopic (exact) mass is 264 g/mol. The number of ether oxygens (including phenoxy) is 1. The highest BCUT2D eigenvalue weighted by Crippen LogP contribution is 2.25. The van der Waals surface area contributed by atoms with Crippen molar-refractivity contribution in [3.8, 4) is 5.75 Å². The molecule has 1 aromatic rings. The average Bonchev–Trinajstić information content (AvgIpc) is 2.77. The molecule has 1 heterocycles. The van der Waals surface area contributed by atoms with Crippen molar-refractivity contribution in [3.05, 3.63) is 34.4 Å². The Bertz CT molecular complexity index is 468. The van der Waals surface area contributed by atoms with E-state index in [0.29, 0.717) is 5.75 Å². The first-order chi connectivity index (χ1) is 8.86. The van der Waals surface area contributed by atoms with Crippen molar-refractivity contribution in [1.82, 2.24) is 4.90 Å². The van der Waals surface area contributed by atoms with Crippen LogP contribution < -0.4 is 4.74 Å². The van der Waals surface area contributed by atoms with Gasteiger partial charge >= 0.3 is 0 Å². The lowest BCUT2D eigenvalue weighted by atomic mass is 10.1. The number of hydrogen-bond donors (Lipinski definition) is 0. The number of rotatable bonds is 3. The van der Waals surface area contributed by atoms with E-state index in [-0.39, 0.29) is 17.3 Å². The lowest BCUT2D eigenvalue weighted by Crippen LogP contribution is -2.40. The van der Waals surface area contributed by atoms with Gasteiger partial charge in [0, 0.05) is 24.7 Å². The second-order valence-electron chi connectivity index (χ2n) is 5.90. The molecule has 0 spiro atoms. The summed E-state index contributed by atoms with van der Waals surface area (Å²) >= 11 is 0. The van der Waals surface area contributed by atoms with Crippen LogP contribution in [-0.4, -0.2) is 34.6 Å². The molecule has 2 rings (SSSR count). The van der Waals surface area contributed by atoms with Crippen LogP contribution in [0.2, 0.25) is 0 Å². The Morgan fingerprint density at radius 1 is 1.42 bits per heavy atom. The molecule has 1 saturated heterocycles. The van der Waals surface area contributed by atoms with Crippen LogP contribution in [0.4, 0.5) is 5.69 Å². The molecule has 1 aliphatic heterocycles. The maximum atomic E-state index is 10.7. The van der Waals surface area contributed by atoms with Crippen molar-refractivity contribution in [2.45, 2.75) is 38.8 Å². The van der Waals surface area contributed by atoms with Crippen LogP contribution in [0.3, 0.4) is 0 Å². The molecule has 1 fully saturated rings. The molecular weight excluding hydrogens is 244 g/mol. The number of non-ortho nitro benzene ring substituents is 1. The third kappa shape index (κ3) is 3.44. The van der Waals surface area contributed by atoms with E-state index in [1.807, 2.05) is 0 Å². The molecule has 1 unspecified atom stereocenters. The minimum absolute atomic E-state index is 0.0724. The largest absolute Gasteiger partial charge is 0.489 e. The van der Waals surface area contributed by atoms with Crippen LogP contribution in [0.25, 0.3) is 0 Å². The fourth-order valence-corrected chi connectivity index (χ4v) is 2.30. The Kier molecular flexibility index (Phi) is 3.75. The number of nitro benzene ring substituents is 1. The molecule has 1 aromatic carbocycles. The summed E-state index contributed by atoms with van der Waals surface area (Å²) in [5, 5.41) is 10.7. The van der Waals surface area contributed by atoms with Gasteiger partial charge in [-0.25, -0.2) is 0 Å². The Morgan fingerprint density at radius 2 is 2.16 bits per heavy atom. The van der Waals surface area contributed by atoms with Crippen LogP contribution in [0.15, 0.2) is 24.3 Å². The zero-order valence-corrected chi connectivity index (χ0v) is 11.6. The summed E-state index contributed by atoms with van der Waals surface area (Å²) in [7, 11) is 0. The minimum atomic E-state index is -0.400. The second-order valence-corrected chi connectivity index (χ2v) is 5.90. The summed E-state index contributed by atoms with van der Waals surface area (Å²) in [4.78, 5) is 12.7. The molecule has 1 aliphatic rings. The summed E-state index contributed by atoms with van der Waals surface area (Å²) in [6, 6.07) is 6.39. The Morgan fingerprint density at radius 3 is 2.74 bits per heavy atom. The first-order valence-electron chi connectivity index (χ1n) is 6.52. The summed E-state index contributed by atoms with van der Waals surface area (Å²) < 4.78 is 5.85. The SMILES string of the molecule is CC(C)(C)N1CCC(Oc2cccc([N+](=O)[O-])c2)C1. The van der Waals surface area contributed by atoms with Gasteiger partial charge in [0.25, 0.3) is 5.69 Å². The smallest absolute Gasteiger partial charge is 0.273 e. The van der Waals surface area contributed by atoms with Gasteiger partial charge in [-0.15, -0.1) is 0 Å². The maximum Gasteiger partial charge on any atom is 0.273 e. The van der Waals surface area contributed by atoms with E-state index in [1.165, 1.54) is 12.1 Å². The Balaban J connectivity index is 1.99. The summed E-state index contributed by atoms with van der Waals surface area (Å²) in [5.41, 5.74) is 0.212. The van der Waals surface area contributed by atoms with Crippen LogP contribution in [0.1, 0.15) is 27.2 Å². The van der Waals surface area contributed by atoms with Gasteiger partial charge in [0.05, 0.1) is 11.0 Å². The van der Waals surface area contributed by atoms with Gasteiger partial charge in [-0.2, -0.15) is 0 Å². The topological polar surface area (TPSA) is 55.6 Å². The first kappa shape index (κ1) is 13.8. The number of nitro groups is 1. The van der Waals surface area contributed by atoms with E-state index < -0.39 is 4.92 Å². The molecule has 0 saturated carbocycles. The average molecular weight is 264 g/mol. The molecule has 0 amide bonds. The highest BCUT2D eigenvalue weighted by Gasteiger charge is 2.31. The Labute approximate surface area is 113 Å². The molecule has 0 N–H and O–H groups in total. The van der Waals surface area contributed by atoms with Gasteiger partial charge in [-0.1, -0.05) is 6.07 Å². The van der Waals surface area contributed by atoms with Gasteiger partial charge in [0.2, 0.25) is 0 Å². The summed E-state index contributed by atoms with van der Waals surface area (Å²) in [6.07, 6.45) is 1.07. The molecule has 0 bridgehead atoms. The standard InChI is InChI=1S/C14H20N2O3/c1-14(2,3)15-8-7-13(10-15)19-12-6-4-5-11(9-12)16(17)18/h4-6,9,13H,7-8,10H2,1-3H3. The molecule has 5 nitrogen and oxygen atoms in total. The fraction of sp³-hybridized carbons (Fsp3) is 0.571. The van der Waals surface area contributed by atoms with Crippen molar-refractivity contribution in [2.24, 2.45) is 0 Å². The number of nitrogens with zero attached hydrogens (tertiary/aromatic N) is 2. The van der Waals surface area contributed by atoms with Crippen molar-refractivity contribution >= 4 is 5.69 Å². The third-order valence-corrected chi connectivity index (χ3v) is 3.42. The van der Waals surface area contributed by atoms with Gasteiger partial charge < -0.3 is 4.74 Å². The van der Waals surface area contributed by atoms with Crippen LogP contribution >= 0.6 is 0 Å². The molecule has 0 radical (unpaired) electrons. The lowest BCUT2D eigenvalue weighted by molar-refractivity contribution is -0.384. The van der Waals surface area contributed by atoms with E-state index in [9.17, 15) is 10.1 Å². The second kappa shape index (κ2) is 5.17. The van der Waals surface area contributed by atoms with Crippen LogP contribution in [0.5, 0.6) is 5.75 Å². The predicted octanol–water partition coefficient (Wildman–Crippen LogP) is 2.85. The molecular formula is C14H20N2O3. The summed E-state index contributed by atoms with van der Waals surface area (Å²) in [6.45, 7) is 8.42. The summed E-state index contributed by atoms with van der Waals surface area (Å²) in [5.74, 6) is 0.579. The van der Waals surface area contributed by atoms with Crippen molar-refractivity contribution in [3.63, 3.8) is 0 Å². The fourth-order valence-electron chi connectivity index (χ4n) is 2.30. The zero-order valence-electron chi connectivity index (χ0n) is 11.6. The predicted molar refractivity (Wildman–Crippen MR) is 73.5 cm³/mol. The van der Waals surface area contributed by atoms with E-state index in [1.54, 1.807) is 12.1 Å². The van der Waals surface area contributed by atoms with Crippen molar-refractivity contribution in [1.29, 1.82) is 0 Å². The van der Waals surface area contributed by atoms with E-state index in [0.717, 1.165) is 19.5 Å². The molecule has 0 aromatic heterocycles. The molecule has 5 heteroatoms. The van der Waals surface area contributed by atoms with E-state index >= 15 is 0 Å². The van der Waals surface area contributed by atoms with Gasteiger partial charge in [-0.05, 0) is 33.3 Å². The molecule has 1 atom stereocenters. The van der Waals surface area contributed by atoms with Crippen LogP contribution in [0, 0.1) is 10.1 Å². The number of benzene rings is 1. The van der Waals surface area contributed by atoms with Crippen molar-refractivity contribution in [2.75, 3.05) is 13.1 Å². The van der Waals surface area contributed by atoms with Gasteiger partial charge in [0.1, 0.15) is 11.9 Å². The molecule has 0 aliphatic carbocycles. The highest BCUT2D eigenvalue weighted by atomic mass is 16.6. The minimum Gasteiger partial charge on any atom is -0.489 e. The quantitative estimate of drug-likeness (QED) is 0.622. The first-order valence-corrected chi connectivity index (χ1v) is 6.52. The number of hydrogen-bond acceptors (Lipinski definition) is 4. The molecule has 104 valence electrons. The Hall–Kier alpha value is -1.62. The molecule has 19 heavy (non-hydrogen) atoms. The van der Waals surface area contributed by atoms with E-state index in [2.05, 4.69) is 25.7 Å². The highest BCUT2D eigenvalue weighted by molar-refractivity contribution is 5.38. The van der Waals surface area contributed by atoms with Gasteiger partial charge in [-0.3, -0.25) is 15.0 Å². The van der Waals surface area contributed by atoms with Crippen LogP contribution in [-0.2, 0) is 0 Å². The maximum absolute atomic E-state index is 10.7.